The molecular formula is C19H21N5S. The average molecular weight is 351 g/mol. The Kier molecular flexibility index (Phi) is 4.72. The number of nitrogens with one attached hydrogen (secondary N) is 1. The lowest BCUT2D eigenvalue weighted by atomic mass is 10.1. The van der Waals surface area contributed by atoms with Crippen molar-refractivity contribution < 1.29 is 0 Å². The highest BCUT2D eigenvalue weighted by Gasteiger charge is 2.26. The van der Waals surface area contributed by atoms with E-state index >= 15 is 0 Å². The number of aromatic nitrogens is 3. The van der Waals surface area contributed by atoms with Crippen molar-refractivity contribution >= 4 is 23.0 Å². The van der Waals surface area contributed by atoms with Crippen molar-refractivity contribution in [2.24, 2.45) is 0 Å². The van der Waals surface area contributed by atoms with E-state index in [0.29, 0.717) is 6.04 Å². The highest BCUT2D eigenvalue weighted by molar-refractivity contribution is 7.07. The van der Waals surface area contributed by atoms with Gasteiger partial charge in [-0.2, -0.15) is 0 Å². The van der Waals surface area contributed by atoms with Crippen LogP contribution < -0.4 is 5.32 Å². The fraction of sp³-hybridized carbons (Fsp3) is 0.316. The van der Waals surface area contributed by atoms with E-state index in [-0.39, 0.29) is 0 Å². The zero-order valence-corrected chi connectivity index (χ0v) is 15.0. The number of aryl methyl sites for hydroxylation is 1. The van der Waals surface area contributed by atoms with Crippen LogP contribution in [-0.4, -0.2) is 26.4 Å². The van der Waals surface area contributed by atoms with Gasteiger partial charge in [0.1, 0.15) is 11.6 Å². The summed E-state index contributed by atoms with van der Waals surface area (Å²) < 4.78 is 0. The lowest BCUT2D eigenvalue weighted by Crippen LogP contribution is -2.23. The van der Waals surface area contributed by atoms with Gasteiger partial charge >= 0.3 is 0 Å². The average Bonchev–Trinajstić information content (AvgIpc) is 3.27. The zero-order chi connectivity index (χ0) is 17.1. The molecule has 1 atom stereocenters. The van der Waals surface area contributed by atoms with Crippen LogP contribution in [0, 0.1) is 6.92 Å². The second kappa shape index (κ2) is 7.29. The van der Waals surface area contributed by atoms with Crippen LogP contribution in [0.3, 0.4) is 0 Å². The summed E-state index contributed by atoms with van der Waals surface area (Å²) in [5.41, 5.74) is 5.36. The van der Waals surface area contributed by atoms with Crippen molar-refractivity contribution in [1.29, 1.82) is 0 Å². The molecule has 1 fully saturated rings. The molecule has 5 nitrogen and oxygen atoms in total. The smallest absolute Gasteiger partial charge is 0.131 e. The van der Waals surface area contributed by atoms with Gasteiger partial charge in [-0.25, -0.2) is 15.0 Å². The van der Waals surface area contributed by atoms with E-state index in [4.69, 9.17) is 0 Å². The summed E-state index contributed by atoms with van der Waals surface area (Å²) >= 11 is 1.66. The SMILES string of the molecule is Cc1cccc(Nc2cc([C@@H]3CCCN3Cc3cscn3)ccn2)n1. The number of likely N-dealkylation sites (tertiary alicyclic amines) is 1. The molecule has 1 N–H and O–H groups in total. The Balaban J connectivity index is 1.52. The molecule has 25 heavy (non-hydrogen) atoms. The second-order valence-corrected chi connectivity index (χ2v) is 7.09. The van der Waals surface area contributed by atoms with Gasteiger partial charge in [0.05, 0.1) is 11.2 Å². The van der Waals surface area contributed by atoms with Gasteiger partial charge in [0.2, 0.25) is 0 Å². The number of thiazole rings is 1. The van der Waals surface area contributed by atoms with Gasteiger partial charge in [-0.05, 0) is 56.1 Å². The predicted octanol–water partition coefficient (Wildman–Crippen LogP) is 4.32. The summed E-state index contributed by atoms with van der Waals surface area (Å²) in [6.07, 6.45) is 4.28. The summed E-state index contributed by atoms with van der Waals surface area (Å²) in [7, 11) is 0. The number of pyridine rings is 2. The van der Waals surface area contributed by atoms with Gasteiger partial charge in [0.15, 0.2) is 0 Å². The van der Waals surface area contributed by atoms with Gasteiger partial charge in [-0.1, -0.05) is 6.07 Å². The van der Waals surface area contributed by atoms with E-state index in [1.54, 1.807) is 11.3 Å². The zero-order valence-electron chi connectivity index (χ0n) is 14.2. The molecule has 0 amide bonds. The van der Waals surface area contributed by atoms with Crippen LogP contribution in [0.2, 0.25) is 0 Å². The maximum atomic E-state index is 4.49. The molecule has 1 aliphatic heterocycles. The molecule has 0 unspecified atom stereocenters. The molecule has 4 rings (SSSR count). The van der Waals surface area contributed by atoms with Crippen molar-refractivity contribution in [3.05, 3.63) is 64.4 Å². The van der Waals surface area contributed by atoms with E-state index < -0.39 is 0 Å². The Bertz CT molecular complexity index is 833. The van der Waals surface area contributed by atoms with Gasteiger partial charge in [0, 0.05) is 29.9 Å². The van der Waals surface area contributed by atoms with E-state index in [1.807, 2.05) is 36.8 Å². The summed E-state index contributed by atoms with van der Waals surface area (Å²) in [4.78, 5) is 15.9. The Morgan fingerprint density at radius 1 is 1.24 bits per heavy atom. The number of anilines is 2. The third-order valence-electron chi connectivity index (χ3n) is 4.53. The molecule has 0 saturated carbocycles. The topological polar surface area (TPSA) is 53.9 Å². The van der Waals surface area contributed by atoms with Crippen molar-refractivity contribution in [3.8, 4) is 0 Å². The van der Waals surface area contributed by atoms with Crippen LogP contribution in [0.15, 0.2) is 47.4 Å². The van der Waals surface area contributed by atoms with Gasteiger partial charge in [0.25, 0.3) is 0 Å². The summed E-state index contributed by atoms with van der Waals surface area (Å²) in [6, 6.07) is 10.7. The molecule has 0 aromatic carbocycles. The van der Waals surface area contributed by atoms with Crippen LogP contribution in [-0.2, 0) is 6.54 Å². The van der Waals surface area contributed by atoms with Crippen molar-refractivity contribution in [2.45, 2.75) is 32.4 Å². The van der Waals surface area contributed by atoms with Crippen molar-refractivity contribution in [1.82, 2.24) is 19.9 Å². The first-order valence-corrected chi connectivity index (χ1v) is 9.50. The van der Waals surface area contributed by atoms with Crippen LogP contribution in [0.5, 0.6) is 0 Å². The number of hydrogen-bond acceptors (Lipinski definition) is 6. The molecule has 1 aliphatic rings. The third kappa shape index (κ3) is 3.86. The summed E-state index contributed by atoms with van der Waals surface area (Å²) in [5, 5.41) is 5.45. The highest BCUT2D eigenvalue weighted by Crippen LogP contribution is 2.33. The molecule has 3 aromatic rings. The second-order valence-electron chi connectivity index (χ2n) is 6.37. The predicted molar refractivity (Wildman–Crippen MR) is 101 cm³/mol. The molecule has 0 aliphatic carbocycles. The highest BCUT2D eigenvalue weighted by atomic mass is 32.1. The van der Waals surface area contributed by atoms with Crippen LogP contribution in [0.1, 0.15) is 35.8 Å². The number of nitrogens with zero attached hydrogens (tertiary/aromatic N) is 4. The van der Waals surface area contributed by atoms with Gasteiger partial charge in [-0.15, -0.1) is 11.3 Å². The summed E-state index contributed by atoms with van der Waals surface area (Å²) in [5.74, 6) is 1.67. The quantitative estimate of drug-likeness (QED) is 0.742. The normalized spacial score (nSPS) is 17.7. The fourth-order valence-corrected chi connectivity index (χ4v) is 3.93. The molecular weight excluding hydrogens is 330 g/mol. The fourth-order valence-electron chi connectivity index (χ4n) is 3.38. The molecule has 0 spiro atoms. The molecule has 128 valence electrons. The Labute approximate surface area is 151 Å². The van der Waals surface area contributed by atoms with Crippen molar-refractivity contribution in [2.75, 3.05) is 11.9 Å². The maximum Gasteiger partial charge on any atom is 0.131 e. The maximum absolute atomic E-state index is 4.49. The minimum Gasteiger partial charge on any atom is -0.325 e. The van der Waals surface area contributed by atoms with Crippen LogP contribution in [0.4, 0.5) is 11.6 Å². The monoisotopic (exact) mass is 351 g/mol. The minimum atomic E-state index is 0.427. The van der Waals surface area contributed by atoms with E-state index in [2.05, 4.69) is 42.7 Å². The summed E-state index contributed by atoms with van der Waals surface area (Å²) in [6.45, 7) is 4.02. The Morgan fingerprint density at radius 3 is 3.04 bits per heavy atom. The van der Waals surface area contributed by atoms with Crippen LogP contribution in [0.25, 0.3) is 0 Å². The van der Waals surface area contributed by atoms with Crippen LogP contribution >= 0.6 is 11.3 Å². The molecule has 4 heterocycles. The minimum absolute atomic E-state index is 0.427. The molecule has 1 saturated heterocycles. The first kappa shape index (κ1) is 16.2. The molecule has 0 bridgehead atoms. The van der Waals surface area contributed by atoms with E-state index in [0.717, 1.165) is 36.1 Å². The van der Waals surface area contributed by atoms with Crippen molar-refractivity contribution in [3.63, 3.8) is 0 Å². The number of rotatable bonds is 5. The lowest BCUT2D eigenvalue weighted by Gasteiger charge is -2.24. The van der Waals surface area contributed by atoms with Gasteiger partial charge in [-0.3, -0.25) is 4.90 Å². The molecule has 0 radical (unpaired) electrons. The standard InChI is InChI=1S/C19H21N5S/c1-14-4-2-6-18(22-14)23-19-10-15(7-8-20-19)17-5-3-9-24(17)11-16-12-25-13-21-16/h2,4,6-8,10,12-13,17H,3,5,9,11H2,1H3,(H,20,22,23)/t17-/m0/s1. The first-order chi connectivity index (χ1) is 12.3. The molecule has 3 aromatic heterocycles. The van der Waals surface area contributed by atoms with E-state index in [1.165, 1.54) is 18.4 Å². The lowest BCUT2D eigenvalue weighted by molar-refractivity contribution is 0.246. The Morgan fingerprint density at radius 2 is 2.20 bits per heavy atom. The van der Waals surface area contributed by atoms with Gasteiger partial charge < -0.3 is 5.32 Å². The Hall–Kier alpha value is -2.31. The number of hydrogen-bond donors (Lipinski definition) is 1. The first-order valence-electron chi connectivity index (χ1n) is 8.56. The largest absolute Gasteiger partial charge is 0.325 e. The van der Waals surface area contributed by atoms with E-state index in [9.17, 15) is 0 Å². The third-order valence-corrected chi connectivity index (χ3v) is 5.16. The molecule has 6 heteroatoms.